The van der Waals surface area contributed by atoms with Gasteiger partial charge in [0.25, 0.3) is 0 Å². The Morgan fingerprint density at radius 3 is 2.37 bits per heavy atom. The Labute approximate surface area is 178 Å². The quantitative estimate of drug-likeness (QED) is 0.381. The zero-order valence-electron chi connectivity index (χ0n) is 18.7. The number of carbonyl (C=O) groups excluding carboxylic acids is 3. The Hall–Kier alpha value is -2.37. The molecule has 0 aromatic carbocycles. The van der Waals surface area contributed by atoms with Gasteiger partial charge in [0.15, 0.2) is 0 Å². The van der Waals surface area contributed by atoms with E-state index in [0.717, 1.165) is 16.7 Å². The van der Waals surface area contributed by atoms with Crippen LogP contribution in [0.2, 0.25) is 0 Å². The number of rotatable bonds is 2. The summed E-state index contributed by atoms with van der Waals surface area (Å²) in [6, 6.07) is 0. The molecule has 0 amide bonds. The molecule has 3 aliphatic rings. The molecule has 1 aliphatic heterocycles. The average Bonchev–Trinajstić information content (AvgIpc) is 2.90. The van der Waals surface area contributed by atoms with Gasteiger partial charge in [0.1, 0.15) is 18.3 Å². The van der Waals surface area contributed by atoms with E-state index < -0.39 is 17.6 Å². The fourth-order valence-corrected chi connectivity index (χ4v) is 5.23. The van der Waals surface area contributed by atoms with Crippen LogP contribution in [-0.4, -0.2) is 36.2 Å². The van der Waals surface area contributed by atoms with Crippen LogP contribution in [0.15, 0.2) is 34.4 Å². The fraction of sp³-hybridized carbons (Fsp3) is 0.625. The molecule has 5 atom stereocenters. The van der Waals surface area contributed by atoms with Gasteiger partial charge in [-0.05, 0) is 57.6 Å². The normalized spacial score (nSPS) is 35.9. The Balaban J connectivity index is 2.16. The van der Waals surface area contributed by atoms with Gasteiger partial charge in [-0.2, -0.15) is 0 Å². The van der Waals surface area contributed by atoms with Crippen LogP contribution in [0.3, 0.4) is 0 Å². The van der Waals surface area contributed by atoms with Gasteiger partial charge >= 0.3 is 17.9 Å². The van der Waals surface area contributed by atoms with Crippen molar-refractivity contribution in [1.82, 2.24) is 0 Å². The maximum absolute atomic E-state index is 12.3. The topological polar surface area (TPSA) is 78.9 Å². The summed E-state index contributed by atoms with van der Waals surface area (Å²) in [6.45, 7) is 10.7. The number of ether oxygens (including phenoxy) is 3. The minimum absolute atomic E-state index is 0.0614. The summed E-state index contributed by atoms with van der Waals surface area (Å²) in [5.41, 5.74) is 3.19. The number of carbonyl (C=O) groups is 3. The molecule has 0 aromatic rings. The fourth-order valence-electron chi connectivity index (χ4n) is 5.23. The van der Waals surface area contributed by atoms with Crippen molar-refractivity contribution in [3.05, 3.63) is 34.4 Å². The Bertz CT molecular complexity index is 848. The summed E-state index contributed by atoms with van der Waals surface area (Å²) in [4.78, 5) is 36.3. The molecule has 164 valence electrons. The lowest BCUT2D eigenvalue weighted by Crippen LogP contribution is -2.53. The molecule has 0 spiro atoms. The largest absolute Gasteiger partial charge is 0.462 e. The molecule has 3 rings (SSSR count). The minimum atomic E-state index is -0.628. The van der Waals surface area contributed by atoms with E-state index in [9.17, 15) is 14.4 Å². The molecule has 0 N–H and O–H groups in total. The average molecular weight is 417 g/mol. The van der Waals surface area contributed by atoms with Crippen LogP contribution in [0.1, 0.15) is 67.2 Å². The summed E-state index contributed by atoms with van der Waals surface area (Å²) in [5.74, 6) is -1.05. The van der Waals surface area contributed by atoms with Gasteiger partial charge in [-0.1, -0.05) is 24.1 Å². The Morgan fingerprint density at radius 1 is 1.10 bits per heavy atom. The first-order valence-electron chi connectivity index (χ1n) is 10.6. The number of esters is 3. The van der Waals surface area contributed by atoms with Crippen LogP contribution in [0, 0.1) is 11.3 Å². The number of allylic oxidation sites excluding steroid dienone is 2. The van der Waals surface area contributed by atoms with Crippen molar-refractivity contribution < 1.29 is 28.6 Å². The maximum atomic E-state index is 12.3. The van der Waals surface area contributed by atoms with Crippen LogP contribution in [0.5, 0.6) is 0 Å². The summed E-state index contributed by atoms with van der Waals surface area (Å²) < 4.78 is 17.3. The predicted molar refractivity (Wildman–Crippen MR) is 111 cm³/mol. The lowest BCUT2D eigenvalue weighted by Gasteiger charge is -2.50. The van der Waals surface area contributed by atoms with E-state index in [0.29, 0.717) is 31.3 Å². The first kappa shape index (κ1) is 22.3. The molecular formula is C24H32O6. The Kier molecular flexibility index (Phi) is 6.25. The third kappa shape index (κ3) is 4.09. The highest BCUT2D eigenvalue weighted by molar-refractivity contribution is 5.92. The number of hydrogen-bond acceptors (Lipinski definition) is 6. The maximum Gasteiger partial charge on any atom is 0.334 e. The molecule has 0 saturated carbocycles. The van der Waals surface area contributed by atoms with Gasteiger partial charge < -0.3 is 14.2 Å². The van der Waals surface area contributed by atoms with Gasteiger partial charge in [0.2, 0.25) is 0 Å². The molecule has 0 bridgehead atoms. The van der Waals surface area contributed by atoms with E-state index in [1.54, 1.807) is 6.92 Å². The van der Waals surface area contributed by atoms with Crippen molar-refractivity contribution in [2.45, 2.75) is 85.5 Å². The highest BCUT2D eigenvalue weighted by Crippen LogP contribution is 2.52. The molecule has 0 radical (unpaired) electrons. The summed E-state index contributed by atoms with van der Waals surface area (Å²) >= 11 is 0. The smallest absolute Gasteiger partial charge is 0.334 e. The molecular weight excluding hydrogens is 384 g/mol. The molecule has 0 aromatic heterocycles. The van der Waals surface area contributed by atoms with E-state index in [1.165, 1.54) is 13.8 Å². The molecule has 0 fully saturated rings. The summed E-state index contributed by atoms with van der Waals surface area (Å²) in [6.07, 6.45) is 5.34. The van der Waals surface area contributed by atoms with Crippen molar-refractivity contribution in [2.24, 2.45) is 11.3 Å². The van der Waals surface area contributed by atoms with Crippen molar-refractivity contribution >= 4 is 17.9 Å². The summed E-state index contributed by atoms with van der Waals surface area (Å²) in [7, 11) is 0. The highest BCUT2D eigenvalue weighted by atomic mass is 16.6. The first-order chi connectivity index (χ1) is 14.0. The number of hydrogen-bond donors (Lipinski definition) is 0. The molecule has 0 unspecified atom stereocenters. The monoisotopic (exact) mass is 416 g/mol. The van der Waals surface area contributed by atoms with Crippen LogP contribution in [-0.2, 0) is 28.6 Å². The first-order valence-corrected chi connectivity index (χ1v) is 10.6. The third-order valence-electron chi connectivity index (χ3n) is 6.98. The van der Waals surface area contributed by atoms with Gasteiger partial charge in [0.05, 0.1) is 0 Å². The van der Waals surface area contributed by atoms with E-state index in [2.05, 4.69) is 19.9 Å². The second kappa shape index (κ2) is 8.40. The molecule has 2 aliphatic carbocycles. The molecule has 0 saturated heterocycles. The van der Waals surface area contributed by atoms with Crippen LogP contribution >= 0.6 is 0 Å². The molecule has 1 heterocycles. The zero-order valence-corrected chi connectivity index (χ0v) is 18.7. The third-order valence-corrected chi connectivity index (χ3v) is 6.98. The van der Waals surface area contributed by atoms with E-state index in [1.807, 2.05) is 13.0 Å². The molecule has 6 nitrogen and oxygen atoms in total. The van der Waals surface area contributed by atoms with Gasteiger partial charge in [-0.25, -0.2) is 4.79 Å². The second-order valence-corrected chi connectivity index (χ2v) is 9.03. The van der Waals surface area contributed by atoms with Crippen LogP contribution < -0.4 is 0 Å². The van der Waals surface area contributed by atoms with Crippen LogP contribution in [0.25, 0.3) is 0 Å². The van der Waals surface area contributed by atoms with Crippen molar-refractivity contribution in [1.29, 1.82) is 0 Å². The van der Waals surface area contributed by atoms with E-state index in [4.69, 9.17) is 14.2 Å². The predicted octanol–water partition coefficient (Wildman–Crippen LogP) is 4.19. The van der Waals surface area contributed by atoms with Crippen molar-refractivity contribution in [2.75, 3.05) is 0 Å². The van der Waals surface area contributed by atoms with Crippen LogP contribution in [0.4, 0.5) is 0 Å². The van der Waals surface area contributed by atoms with Gasteiger partial charge in [0, 0.05) is 31.3 Å². The lowest BCUT2D eigenvalue weighted by atomic mass is 9.59. The Morgan fingerprint density at radius 2 is 1.73 bits per heavy atom. The molecule has 30 heavy (non-hydrogen) atoms. The highest BCUT2D eigenvalue weighted by Gasteiger charge is 2.53. The van der Waals surface area contributed by atoms with Crippen molar-refractivity contribution in [3.63, 3.8) is 0 Å². The lowest BCUT2D eigenvalue weighted by molar-refractivity contribution is -0.178. The zero-order chi connectivity index (χ0) is 22.2. The minimum Gasteiger partial charge on any atom is -0.462 e. The van der Waals surface area contributed by atoms with Gasteiger partial charge in [-0.3, -0.25) is 9.59 Å². The number of fused-ring (bicyclic) bond motifs is 2. The summed E-state index contributed by atoms with van der Waals surface area (Å²) in [5, 5.41) is 0. The van der Waals surface area contributed by atoms with Crippen molar-refractivity contribution in [3.8, 4) is 0 Å². The van der Waals surface area contributed by atoms with Gasteiger partial charge in [-0.15, -0.1) is 0 Å². The van der Waals surface area contributed by atoms with E-state index in [-0.39, 0.29) is 29.9 Å². The SMILES string of the molecule is CC(=O)O[C@H]1CC=C(C)[C@@H]2CC3=C(C)C(=O)O[C@H]3/C=C(/C)CC[C@H](OC(C)=O)[C@@]12C. The standard InChI is InChI=1S/C24H32O6/c1-13-7-9-21(28-16(4)25)24(6)19(14(2)8-10-22(24)29-17(5)26)12-18-15(3)23(27)30-20(18)11-13/h8,11,19-22H,7,9-10,12H2,1-6H3/b13-11-/t19-,20-,21-,22-,24-/m0/s1. The van der Waals surface area contributed by atoms with E-state index >= 15 is 0 Å². The second-order valence-electron chi connectivity index (χ2n) is 9.03. The molecule has 6 heteroatoms.